The maximum absolute atomic E-state index is 12.3. The third-order valence-corrected chi connectivity index (χ3v) is 1.56. The van der Waals surface area contributed by atoms with E-state index in [-0.39, 0.29) is 0 Å². The standard InChI is InChI=1S/C10H10FNO.C2H6/c1-7-3-5-9(6-4-7)12-10(13)8(2)11;1-2/h3-6H,2H2,1H3,(H,12,13);1-2H3. The summed E-state index contributed by atoms with van der Waals surface area (Å²) in [5.41, 5.74) is 1.64. The fourth-order valence-corrected chi connectivity index (χ4v) is 0.836. The van der Waals surface area contributed by atoms with Crippen LogP contribution in [-0.2, 0) is 4.79 Å². The van der Waals surface area contributed by atoms with Gasteiger partial charge >= 0.3 is 0 Å². The van der Waals surface area contributed by atoms with Crippen molar-refractivity contribution >= 4 is 11.6 Å². The molecule has 3 heteroatoms. The van der Waals surface area contributed by atoms with E-state index in [2.05, 4.69) is 11.9 Å². The molecule has 0 spiro atoms. The molecule has 82 valence electrons. The van der Waals surface area contributed by atoms with Gasteiger partial charge in [0.25, 0.3) is 5.91 Å². The van der Waals surface area contributed by atoms with Gasteiger partial charge in [-0.05, 0) is 19.1 Å². The number of anilines is 1. The highest BCUT2D eigenvalue weighted by molar-refractivity contribution is 6.01. The summed E-state index contributed by atoms with van der Waals surface area (Å²) in [6.07, 6.45) is 0. The first-order chi connectivity index (χ1) is 7.09. The van der Waals surface area contributed by atoms with Crippen molar-refractivity contribution in [1.82, 2.24) is 0 Å². The van der Waals surface area contributed by atoms with Crippen molar-refractivity contribution in [2.24, 2.45) is 0 Å². The molecule has 0 atom stereocenters. The lowest BCUT2D eigenvalue weighted by Gasteiger charge is -2.02. The van der Waals surface area contributed by atoms with Crippen LogP contribution in [0.1, 0.15) is 19.4 Å². The van der Waals surface area contributed by atoms with E-state index in [1.165, 1.54) is 0 Å². The second-order valence-corrected chi connectivity index (χ2v) is 2.73. The summed E-state index contributed by atoms with van der Waals surface area (Å²) in [6, 6.07) is 7.07. The Balaban J connectivity index is 0.000000921. The molecule has 1 aromatic rings. The van der Waals surface area contributed by atoms with Crippen molar-refractivity contribution < 1.29 is 9.18 Å². The smallest absolute Gasteiger partial charge is 0.283 e. The van der Waals surface area contributed by atoms with E-state index in [0.717, 1.165) is 5.56 Å². The molecule has 0 radical (unpaired) electrons. The van der Waals surface area contributed by atoms with Crippen molar-refractivity contribution in [3.63, 3.8) is 0 Å². The molecule has 0 heterocycles. The first-order valence-corrected chi connectivity index (χ1v) is 4.82. The highest BCUT2D eigenvalue weighted by Gasteiger charge is 2.04. The predicted molar refractivity (Wildman–Crippen MR) is 61.4 cm³/mol. The molecule has 0 aromatic heterocycles. The Hall–Kier alpha value is -1.64. The maximum Gasteiger partial charge on any atom is 0.283 e. The molecule has 0 aliphatic heterocycles. The predicted octanol–water partition coefficient (Wildman–Crippen LogP) is 3.44. The zero-order valence-electron chi connectivity index (χ0n) is 9.30. The molecule has 1 aromatic carbocycles. The minimum absolute atomic E-state index is 0.564. The van der Waals surface area contributed by atoms with Crippen LogP contribution in [0.15, 0.2) is 36.7 Å². The van der Waals surface area contributed by atoms with Crippen molar-refractivity contribution in [3.8, 4) is 0 Å². The van der Waals surface area contributed by atoms with Gasteiger partial charge in [-0.2, -0.15) is 0 Å². The first kappa shape index (κ1) is 13.4. The average molecular weight is 209 g/mol. The second kappa shape index (κ2) is 6.76. The second-order valence-electron chi connectivity index (χ2n) is 2.73. The van der Waals surface area contributed by atoms with Crippen molar-refractivity contribution in [2.75, 3.05) is 5.32 Å². The van der Waals surface area contributed by atoms with E-state index < -0.39 is 11.7 Å². The Morgan fingerprint density at radius 3 is 2.13 bits per heavy atom. The van der Waals surface area contributed by atoms with Crippen molar-refractivity contribution in [1.29, 1.82) is 0 Å². The van der Waals surface area contributed by atoms with Gasteiger partial charge in [0.2, 0.25) is 0 Å². The van der Waals surface area contributed by atoms with E-state index in [0.29, 0.717) is 5.69 Å². The molecule has 0 unspecified atom stereocenters. The number of hydrogen-bond donors (Lipinski definition) is 1. The summed E-state index contributed by atoms with van der Waals surface area (Å²) < 4.78 is 12.3. The van der Waals surface area contributed by atoms with Crippen LogP contribution in [-0.4, -0.2) is 5.91 Å². The maximum atomic E-state index is 12.3. The summed E-state index contributed by atoms with van der Waals surface area (Å²) in [7, 11) is 0. The van der Waals surface area contributed by atoms with Gasteiger partial charge in [0.15, 0.2) is 5.83 Å². The van der Waals surface area contributed by atoms with Gasteiger partial charge in [0, 0.05) is 5.69 Å². The van der Waals surface area contributed by atoms with Crippen LogP contribution in [0, 0.1) is 6.92 Å². The number of aryl methyl sites for hydroxylation is 1. The van der Waals surface area contributed by atoms with Gasteiger partial charge in [-0.1, -0.05) is 38.1 Å². The lowest BCUT2D eigenvalue weighted by Crippen LogP contribution is -2.10. The Morgan fingerprint density at radius 1 is 1.27 bits per heavy atom. The molecule has 0 bridgehead atoms. The molecule has 1 N–H and O–H groups in total. The molecular formula is C12H16FNO. The zero-order chi connectivity index (χ0) is 11.8. The summed E-state index contributed by atoms with van der Waals surface area (Å²) >= 11 is 0. The van der Waals surface area contributed by atoms with E-state index >= 15 is 0 Å². The molecule has 1 rings (SSSR count). The number of amides is 1. The molecule has 0 aliphatic rings. The number of carbonyl (C=O) groups excluding carboxylic acids is 1. The van der Waals surface area contributed by atoms with E-state index in [1.807, 2.05) is 32.9 Å². The van der Waals surface area contributed by atoms with Gasteiger partial charge in [-0.3, -0.25) is 4.79 Å². The Bertz CT molecular complexity index is 330. The summed E-state index contributed by atoms with van der Waals surface area (Å²) in [6.45, 7) is 8.82. The van der Waals surface area contributed by atoms with Gasteiger partial charge in [-0.15, -0.1) is 0 Å². The number of benzene rings is 1. The lowest BCUT2D eigenvalue weighted by atomic mass is 10.2. The molecule has 15 heavy (non-hydrogen) atoms. The topological polar surface area (TPSA) is 29.1 Å². The van der Waals surface area contributed by atoms with E-state index in [1.54, 1.807) is 12.1 Å². The van der Waals surface area contributed by atoms with Crippen LogP contribution in [0.3, 0.4) is 0 Å². The van der Waals surface area contributed by atoms with Crippen LogP contribution in [0.4, 0.5) is 10.1 Å². The number of halogens is 1. The van der Waals surface area contributed by atoms with Crippen LogP contribution in [0.2, 0.25) is 0 Å². The van der Waals surface area contributed by atoms with E-state index in [4.69, 9.17) is 0 Å². The number of rotatable bonds is 2. The third-order valence-electron chi connectivity index (χ3n) is 1.56. The number of nitrogens with one attached hydrogen (secondary N) is 1. The van der Waals surface area contributed by atoms with Gasteiger partial charge in [0.05, 0.1) is 0 Å². The normalized spacial score (nSPS) is 8.53. The first-order valence-electron chi connectivity index (χ1n) is 4.82. The van der Waals surface area contributed by atoms with Crippen molar-refractivity contribution in [3.05, 3.63) is 42.2 Å². The highest BCUT2D eigenvalue weighted by atomic mass is 19.1. The largest absolute Gasteiger partial charge is 0.320 e. The SMILES string of the molecule is C=C(F)C(=O)Nc1ccc(C)cc1.CC. The van der Waals surface area contributed by atoms with Crippen LogP contribution < -0.4 is 5.32 Å². The van der Waals surface area contributed by atoms with Crippen LogP contribution in [0.25, 0.3) is 0 Å². The van der Waals surface area contributed by atoms with Gasteiger partial charge < -0.3 is 5.32 Å². The lowest BCUT2D eigenvalue weighted by molar-refractivity contribution is -0.114. The minimum atomic E-state index is -0.986. The molecule has 0 saturated carbocycles. The summed E-state index contributed by atoms with van der Waals surface area (Å²) in [5, 5.41) is 2.36. The molecule has 0 fully saturated rings. The minimum Gasteiger partial charge on any atom is -0.320 e. The van der Waals surface area contributed by atoms with E-state index in [9.17, 15) is 9.18 Å². The average Bonchev–Trinajstić information content (AvgIpc) is 2.24. The zero-order valence-corrected chi connectivity index (χ0v) is 9.30. The molecule has 1 amide bonds. The fourth-order valence-electron chi connectivity index (χ4n) is 0.836. The number of hydrogen-bond acceptors (Lipinski definition) is 1. The Labute approximate surface area is 89.8 Å². The van der Waals surface area contributed by atoms with Gasteiger partial charge in [0.1, 0.15) is 0 Å². The Morgan fingerprint density at radius 2 is 1.73 bits per heavy atom. The molecule has 2 nitrogen and oxygen atoms in total. The molecule has 0 saturated heterocycles. The molecular weight excluding hydrogens is 193 g/mol. The van der Waals surface area contributed by atoms with Gasteiger partial charge in [-0.25, -0.2) is 4.39 Å². The van der Waals surface area contributed by atoms with Crippen LogP contribution >= 0.6 is 0 Å². The fraction of sp³-hybridized carbons (Fsp3) is 0.250. The third kappa shape index (κ3) is 4.96. The summed E-state index contributed by atoms with van der Waals surface area (Å²) in [4.78, 5) is 10.8. The number of carbonyl (C=O) groups is 1. The quantitative estimate of drug-likeness (QED) is 0.743. The monoisotopic (exact) mass is 209 g/mol. The van der Waals surface area contributed by atoms with Crippen LogP contribution in [0.5, 0.6) is 0 Å². The molecule has 0 aliphatic carbocycles. The van der Waals surface area contributed by atoms with Crippen molar-refractivity contribution in [2.45, 2.75) is 20.8 Å². The Kier molecular flexibility index (Phi) is 6.02. The summed E-state index contributed by atoms with van der Waals surface area (Å²) in [5.74, 6) is -1.79. The highest BCUT2D eigenvalue weighted by Crippen LogP contribution is 2.09.